The van der Waals surface area contributed by atoms with Crippen molar-refractivity contribution in [2.24, 2.45) is 0 Å². The van der Waals surface area contributed by atoms with Gasteiger partial charge in [-0.3, -0.25) is 4.79 Å². The van der Waals surface area contributed by atoms with Gasteiger partial charge in [0.05, 0.1) is 5.52 Å². The molecule has 2 aromatic rings. The number of carbonyl (C=O) groups is 1. The maximum Gasteiger partial charge on any atom is 0.220 e. The molecule has 17 heavy (non-hydrogen) atoms. The maximum absolute atomic E-state index is 11.2. The molecule has 4 heteroatoms. The molecule has 0 radical (unpaired) electrons. The molecule has 1 aliphatic rings. The van der Waals surface area contributed by atoms with Crippen molar-refractivity contribution >= 4 is 28.4 Å². The summed E-state index contributed by atoms with van der Waals surface area (Å²) in [5, 5.41) is 4.38. The zero-order valence-electron chi connectivity index (χ0n) is 9.11. The molecule has 86 valence electrons. The zero-order chi connectivity index (χ0) is 11.8. The molecule has 1 amide bonds. The molecular weight excluding hydrogens is 236 g/mol. The SMILES string of the molecule is O=C1CC(c2cc3ccccc3nc2Cl)CN1. The van der Waals surface area contributed by atoms with E-state index in [1.807, 2.05) is 30.3 Å². The molecule has 2 heterocycles. The van der Waals surface area contributed by atoms with E-state index >= 15 is 0 Å². The van der Waals surface area contributed by atoms with Crippen LogP contribution in [0.3, 0.4) is 0 Å². The molecule has 1 saturated heterocycles. The Morgan fingerprint density at radius 3 is 2.94 bits per heavy atom. The Kier molecular flexibility index (Phi) is 2.48. The van der Waals surface area contributed by atoms with E-state index in [4.69, 9.17) is 11.6 Å². The van der Waals surface area contributed by atoms with Crippen LogP contribution in [-0.2, 0) is 4.79 Å². The standard InChI is InChI=1S/C13H11ClN2O/c14-13-10(9-6-12(17)15-7-9)5-8-3-1-2-4-11(8)16-13/h1-5,9H,6-7H2,(H,15,17). The van der Waals surface area contributed by atoms with Crippen LogP contribution in [-0.4, -0.2) is 17.4 Å². The topological polar surface area (TPSA) is 42.0 Å². The van der Waals surface area contributed by atoms with E-state index in [0.717, 1.165) is 16.5 Å². The maximum atomic E-state index is 11.2. The highest BCUT2D eigenvalue weighted by atomic mass is 35.5. The van der Waals surface area contributed by atoms with Crippen molar-refractivity contribution in [1.29, 1.82) is 0 Å². The summed E-state index contributed by atoms with van der Waals surface area (Å²) in [5.74, 6) is 0.228. The Balaban J connectivity index is 2.10. The minimum absolute atomic E-state index is 0.0826. The van der Waals surface area contributed by atoms with Crippen molar-refractivity contribution in [2.45, 2.75) is 12.3 Å². The van der Waals surface area contributed by atoms with Gasteiger partial charge in [-0.05, 0) is 17.7 Å². The number of nitrogens with one attached hydrogen (secondary N) is 1. The summed E-state index contributed by atoms with van der Waals surface area (Å²) >= 11 is 6.18. The van der Waals surface area contributed by atoms with Crippen LogP contribution in [0.4, 0.5) is 0 Å². The van der Waals surface area contributed by atoms with Gasteiger partial charge in [-0.25, -0.2) is 4.98 Å². The molecule has 0 saturated carbocycles. The van der Waals surface area contributed by atoms with E-state index in [1.165, 1.54) is 0 Å². The highest BCUT2D eigenvalue weighted by Crippen LogP contribution is 2.30. The average molecular weight is 247 g/mol. The number of aromatic nitrogens is 1. The summed E-state index contributed by atoms with van der Waals surface area (Å²) < 4.78 is 0. The fourth-order valence-electron chi connectivity index (χ4n) is 2.22. The van der Waals surface area contributed by atoms with Gasteiger partial charge in [0.15, 0.2) is 0 Å². The fraction of sp³-hybridized carbons (Fsp3) is 0.231. The first kappa shape index (κ1) is 10.5. The van der Waals surface area contributed by atoms with Gasteiger partial charge in [0.2, 0.25) is 5.91 Å². The molecule has 1 aliphatic heterocycles. The number of fused-ring (bicyclic) bond motifs is 1. The molecule has 0 bridgehead atoms. The summed E-state index contributed by atoms with van der Waals surface area (Å²) in [7, 11) is 0. The van der Waals surface area contributed by atoms with E-state index in [2.05, 4.69) is 10.3 Å². The van der Waals surface area contributed by atoms with Crippen LogP contribution in [0.15, 0.2) is 30.3 Å². The number of carbonyl (C=O) groups excluding carboxylic acids is 1. The Morgan fingerprint density at radius 2 is 2.18 bits per heavy atom. The van der Waals surface area contributed by atoms with Gasteiger partial charge >= 0.3 is 0 Å². The summed E-state index contributed by atoms with van der Waals surface area (Å²) in [6, 6.07) is 9.89. The van der Waals surface area contributed by atoms with Crippen LogP contribution in [0.2, 0.25) is 5.15 Å². The molecule has 0 spiro atoms. The van der Waals surface area contributed by atoms with Crippen molar-refractivity contribution in [3.05, 3.63) is 41.0 Å². The lowest BCUT2D eigenvalue weighted by Crippen LogP contribution is -2.13. The van der Waals surface area contributed by atoms with Gasteiger partial charge in [0.25, 0.3) is 0 Å². The van der Waals surface area contributed by atoms with Gasteiger partial charge in [0.1, 0.15) is 5.15 Å². The number of hydrogen-bond donors (Lipinski definition) is 1. The molecule has 3 nitrogen and oxygen atoms in total. The van der Waals surface area contributed by atoms with Crippen LogP contribution in [0.1, 0.15) is 17.9 Å². The van der Waals surface area contributed by atoms with Gasteiger partial charge in [-0.1, -0.05) is 29.8 Å². The first-order valence-corrected chi connectivity index (χ1v) is 5.94. The van der Waals surface area contributed by atoms with E-state index in [-0.39, 0.29) is 11.8 Å². The summed E-state index contributed by atoms with van der Waals surface area (Å²) in [6.45, 7) is 0.651. The Labute approximate surface area is 104 Å². The minimum Gasteiger partial charge on any atom is -0.355 e. The zero-order valence-corrected chi connectivity index (χ0v) is 9.87. The molecule has 0 aliphatic carbocycles. The highest BCUT2D eigenvalue weighted by molar-refractivity contribution is 6.30. The number of nitrogens with zero attached hydrogens (tertiary/aromatic N) is 1. The smallest absolute Gasteiger partial charge is 0.220 e. The summed E-state index contributed by atoms with van der Waals surface area (Å²) in [6.07, 6.45) is 0.500. The molecule has 1 atom stereocenters. The number of amides is 1. The quantitative estimate of drug-likeness (QED) is 0.786. The molecule has 1 N–H and O–H groups in total. The Bertz CT molecular complexity index is 597. The fourth-order valence-corrected chi connectivity index (χ4v) is 2.52. The van der Waals surface area contributed by atoms with Crippen molar-refractivity contribution in [3.63, 3.8) is 0 Å². The third-order valence-electron chi connectivity index (χ3n) is 3.12. The molecule has 1 aromatic heterocycles. The van der Waals surface area contributed by atoms with E-state index < -0.39 is 0 Å². The lowest BCUT2D eigenvalue weighted by Gasteiger charge is -2.10. The number of pyridine rings is 1. The van der Waals surface area contributed by atoms with Crippen LogP contribution in [0.25, 0.3) is 10.9 Å². The lowest BCUT2D eigenvalue weighted by atomic mass is 9.98. The number of hydrogen-bond acceptors (Lipinski definition) is 2. The molecule has 1 unspecified atom stereocenters. The normalized spacial score (nSPS) is 19.6. The first-order chi connectivity index (χ1) is 8.24. The highest BCUT2D eigenvalue weighted by Gasteiger charge is 2.25. The van der Waals surface area contributed by atoms with Crippen LogP contribution in [0.5, 0.6) is 0 Å². The van der Waals surface area contributed by atoms with Gasteiger partial charge < -0.3 is 5.32 Å². The number of halogens is 1. The monoisotopic (exact) mass is 246 g/mol. The van der Waals surface area contributed by atoms with Gasteiger partial charge in [-0.2, -0.15) is 0 Å². The van der Waals surface area contributed by atoms with Gasteiger partial charge in [0, 0.05) is 24.3 Å². The second-order valence-electron chi connectivity index (χ2n) is 4.27. The summed E-state index contributed by atoms with van der Waals surface area (Å²) in [5.41, 5.74) is 1.85. The number of para-hydroxylation sites is 1. The first-order valence-electron chi connectivity index (χ1n) is 5.56. The predicted octanol–water partition coefficient (Wildman–Crippen LogP) is 2.49. The Hall–Kier alpha value is -1.61. The van der Waals surface area contributed by atoms with Crippen molar-refractivity contribution in [3.8, 4) is 0 Å². The third-order valence-corrected chi connectivity index (χ3v) is 3.42. The van der Waals surface area contributed by atoms with Crippen LogP contribution < -0.4 is 5.32 Å². The predicted molar refractivity (Wildman–Crippen MR) is 67.1 cm³/mol. The average Bonchev–Trinajstić information content (AvgIpc) is 2.75. The van der Waals surface area contributed by atoms with Crippen molar-refractivity contribution in [2.75, 3.05) is 6.54 Å². The van der Waals surface area contributed by atoms with Crippen LogP contribution in [0, 0.1) is 0 Å². The molecular formula is C13H11ClN2O. The second kappa shape index (κ2) is 4.00. The Morgan fingerprint density at radius 1 is 1.35 bits per heavy atom. The third kappa shape index (κ3) is 1.87. The van der Waals surface area contributed by atoms with E-state index in [0.29, 0.717) is 18.1 Å². The molecule has 1 aromatic carbocycles. The summed E-state index contributed by atoms with van der Waals surface area (Å²) in [4.78, 5) is 15.6. The minimum atomic E-state index is 0.0826. The van der Waals surface area contributed by atoms with Crippen molar-refractivity contribution < 1.29 is 4.79 Å². The molecule has 1 fully saturated rings. The van der Waals surface area contributed by atoms with E-state index in [9.17, 15) is 4.79 Å². The lowest BCUT2D eigenvalue weighted by molar-refractivity contribution is -0.119. The largest absolute Gasteiger partial charge is 0.355 e. The number of rotatable bonds is 1. The molecule has 3 rings (SSSR count). The number of benzene rings is 1. The van der Waals surface area contributed by atoms with Crippen molar-refractivity contribution in [1.82, 2.24) is 10.3 Å². The van der Waals surface area contributed by atoms with Crippen LogP contribution >= 0.6 is 11.6 Å². The van der Waals surface area contributed by atoms with Gasteiger partial charge in [-0.15, -0.1) is 0 Å². The second-order valence-corrected chi connectivity index (χ2v) is 4.62. The van der Waals surface area contributed by atoms with E-state index in [1.54, 1.807) is 0 Å².